The molecule has 1 N–H and O–H groups in total. The maximum atomic E-state index is 13.7. The number of carbonyl (C=O) groups excluding carboxylic acids is 2. The summed E-state index contributed by atoms with van der Waals surface area (Å²) in [5, 5.41) is 1.04. The molecule has 37 heavy (non-hydrogen) atoms. The summed E-state index contributed by atoms with van der Waals surface area (Å²) in [5.74, 6) is 0.0803. The second-order valence-corrected chi connectivity index (χ2v) is 11.9. The van der Waals surface area contributed by atoms with E-state index in [4.69, 9.17) is 9.47 Å². The molecule has 4 rings (SSSR count). The second kappa shape index (κ2) is 11.3. The van der Waals surface area contributed by atoms with E-state index in [9.17, 15) is 9.59 Å². The highest BCUT2D eigenvalue weighted by Crippen LogP contribution is 2.40. The van der Waals surface area contributed by atoms with E-state index in [1.165, 1.54) is 0 Å². The Morgan fingerprint density at radius 3 is 2.51 bits per heavy atom. The number of halogens is 1. The Bertz CT molecular complexity index is 1310. The standard InChI is InChI=1S/C29H34IN3O4/c1-19(2)37-28(35)23-17-33(18-29(3,4)25-22-9-6-7-10-24(22)31-26(23)25)27(34)20-11-13-21(14-12-20)36-16-8-15-32(5)30/h6-7,9-14,17,19,31H,8,15-16,18H2,1-5H3. The van der Waals surface area contributed by atoms with Gasteiger partial charge in [-0.05, 0) is 63.2 Å². The van der Waals surface area contributed by atoms with Gasteiger partial charge in [0.05, 0.1) is 24.0 Å². The number of hydrogen-bond acceptors (Lipinski definition) is 5. The number of hydrogen-bond donors (Lipinski definition) is 1. The quantitative estimate of drug-likeness (QED) is 0.147. The third kappa shape index (κ3) is 6.18. The van der Waals surface area contributed by atoms with E-state index < -0.39 is 11.4 Å². The molecule has 0 spiro atoms. The van der Waals surface area contributed by atoms with Gasteiger partial charge in [-0.25, -0.2) is 4.79 Å². The Kier molecular flexibility index (Phi) is 8.28. The molecule has 0 saturated heterocycles. The molecule has 7 nitrogen and oxygen atoms in total. The fourth-order valence-electron chi connectivity index (χ4n) is 4.71. The molecule has 0 atom stereocenters. The van der Waals surface area contributed by atoms with Crippen LogP contribution >= 0.6 is 22.9 Å². The minimum Gasteiger partial charge on any atom is -0.494 e. The van der Waals surface area contributed by atoms with Crippen LogP contribution in [0.25, 0.3) is 16.5 Å². The van der Waals surface area contributed by atoms with Gasteiger partial charge in [0.2, 0.25) is 0 Å². The molecule has 0 bridgehead atoms. The van der Waals surface area contributed by atoms with Gasteiger partial charge in [-0.1, -0.05) is 32.0 Å². The van der Waals surface area contributed by atoms with Gasteiger partial charge in [0.25, 0.3) is 5.91 Å². The van der Waals surface area contributed by atoms with Crippen molar-refractivity contribution < 1.29 is 19.1 Å². The van der Waals surface area contributed by atoms with Crippen molar-refractivity contribution in [3.8, 4) is 5.75 Å². The summed E-state index contributed by atoms with van der Waals surface area (Å²) in [7, 11) is 2.02. The zero-order valence-electron chi connectivity index (χ0n) is 22.0. The smallest absolute Gasteiger partial charge is 0.342 e. The third-order valence-corrected chi connectivity index (χ3v) is 6.79. The summed E-state index contributed by atoms with van der Waals surface area (Å²) in [6.07, 6.45) is 2.27. The molecular weight excluding hydrogens is 581 g/mol. The van der Waals surface area contributed by atoms with Crippen molar-refractivity contribution in [3.05, 3.63) is 71.6 Å². The highest BCUT2D eigenvalue weighted by Gasteiger charge is 2.37. The summed E-state index contributed by atoms with van der Waals surface area (Å²) >= 11 is 2.25. The van der Waals surface area contributed by atoms with Crippen LogP contribution in [0.1, 0.15) is 55.7 Å². The number of para-hydroxylation sites is 1. The molecule has 2 aromatic carbocycles. The SMILES string of the molecule is CC(C)OC(=O)C1=CN(C(=O)c2ccc(OCCCN(C)I)cc2)CC(C)(C)c2c1[nH]c1ccccc21. The number of aromatic nitrogens is 1. The van der Waals surface area contributed by atoms with Crippen LogP contribution in [0.2, 0.25) is 0 Å². The first-order valence-electron chi connectivity index (χ1n) is 12.5. The predicted molar refractivity (Wildman–Crippen MR) is 155 cm³/mol. The van der Waals surface area contributed by atoms with Gasteiger partial charge < -0.3 is 19.4 Å². The highest BCUT2D eigenvalue weighted by atomic mass is 127. The average Bonchev–Trinajstić information content (AvgIpc) is 3.18. The van der Waals surface area contributed by atoms with Crippen molar-refractivity contribution in [2.75, 3.05) is 26.7 Å². The molecule has 8 heteroatoms. The Hall–Kier alpha value is -2.85. The van der Waals surface area contributed by atoms with Crippen LogP contribution < -0.4 is 4.74 Å². The first-order chi connectivity index (χ1) is 17.6. The van der Waals surface area contributed by atoms with Crippen molar-refractivity contribution in [1.29, 1.82) is 0 Å². The topological polar surface area (TPSA) is 74.9 Å². The maximum Gasteiger partial charge on any atom is 0.342 e. The molecule has 0 unspecified atom stereocenters. The Morgan fingerprint density at radius 1 is 1.14 bits per heavy atom. The summed E-state index contributed by atoms with van der Waals surface area (Å²) in [5.41, 5.74) is 3.09. The van der Waals surface area contributed by atoms with Crippen LogP contribution in [-0.4, -0.2) is 57.7 Å². The lowest BCUT2D eigenvalue weighted by molar-refractivity contribution is -0.140. The van der Waals surface area contributed by atoms with Gasteiger partial charge in [-0.2, -0.15) is 0 Å². The summed E-state index contributed by atoms with van der Waals surface area (Å²) in [6, 6.07) is 15.2. The number of H-pyrrole nitrogens is 1. The Morgan fingerprint density at radius 2 is 1.84 bits per heavy atom. The van der Waals surface area contributed by atoms with E-state index in [0.717, 1.165) is 35.2 Å². The number of ether oxygens (including phenoxy) is 2. The molecule has 0 aliphatic carbocycles. The van der Waals surface area contributed by atoms with Gasteiger partial charge in [-0.15, -0.1) is 0 Å². The molecule has 0 saturated carbocycles. The van der Waals surface area contributed by atoms with Crippen LogP contribution in [-0.2, 0) is 14.9 Å². The zero-order valence-corrected chi connectivity index (χ0v) is 24.2. The molecule has 3 aromatic rings. The highest BCUT2D eigenvalue weighted by molar-refractivity contribution is 14.1. The van der Waals surface area contributed by atoms with Crippen molar-refractivity contribution >= 4 is 51.2 Å². The van der Waals surface area contributed by atoms with Crippen LogP contribution in [0.5, 0.6) is 5.75 Å². The molecule has 1 aliphatic rings. The van der Waals surface area contributed by atoms with E-state index >= 15 is 0 Å². The minimum absolute atomic E-state index is 0.185. The number of esters is 1. The third-order valence-electron chi connectivity index (χ3n) is 6.31. The zero-order chi connectivity index (χ0) is 26.7. The fraction of sp³-hybridized carbons (Fsp3) is 0.379. The number of amides is 1. The van der Waals surface area contributed by atoms with Crippen LogP contribution in [0.3, 0.4) is 0 Å². The van der Waals surface area contributed by atoms with Gasteiger partial charge >= 0.3 is 5.97 Å². The normalized spacial score (nSPS) is 14.9. The minimum atomic E-state index is -0.459. The predicted octanol–water partition coefficient (Wildman–Crippen LogP) is 5.94. The van der Waals surface area contributed by atoms with Crippen LogP contribution in [0.4, 0.5) is 0 Å². The van der Waals surface area contributed by atoms with Crippen molar-refractivity contribution in [2.45, 2.75) is 45.6 Å². The number of carbonyl (C=O) groups is 2. The fourth-order valence-corrected chi connectivity index (χ4v) is 5.05. The van der Waals surface area contributed by atoms with Gasteiger partial charge in [0.15, 0.2) is 0 Å². The average molecular weight is 616 g/mol. The van der Waals surface area contributed by atoms with Gasteiger partial charge in [0.1, 0.15) is 5.75 Å². The monoisotopic (exact) mass is 615 g/mol. The van der Waals surface area contributed by atoms with E-state index in [1.807, 2.05) is 57.3 Å². The van der Waals surface area contributed by atoms with Crippen molar-refractivity contribution in [2.24, 2.45) is 0 Å². The molecule has 1 amide bonds. The van der Waals surface area contributed by atoms with Crippen molar-refractivity contribution in [3.63, 3.8) is 0 Å². The summed E-state index contributed by atoms with van der Waals surface area (Å²) in [4.78, 5) is 32.0. The first-order valence-corrected chi connectivity index (χ1v) is 13.5. The second-order valence-electron chi connectivity index (χ2n) is 10.3. The lowest BCUT2D eigenvalue weighted by Gasteiger charge is -2.29. The van der Waals surface area contributed by atoms with Crippen LogP contribution in [0.15, 0.2) is 54.7 Å². The Balaban J connectivity index is 1.66. The van der Waals surface area contributed by atoms with Gasteiger partial charge in [0, 0.05) is 64.0 Å². The molecular formula is C29H34IN3O4. The van der Waals surface area contributed by atoms with Crippen molar-refractivity contribution in [1.82, 2.24) is 13.0 Å². The van der Waals surface area contributed by atoms with Crippen LogP contribution in [0, 0.1) is 0 Å². The largest absolute Gasteiger partial charge is 0.494 e. The lowest BCUT2D eigenvalue weighted by atomic mass is 9.81. The number of nitrogens with zero attached hydrogens (tertiary/aromatic N) is 2. The van der Waals surface area contributed by atoms with E-state index in [-0.39, 0.29) is 12.0 Å². The van der Waals surface area contributed by atoms with E-state index in [2.05, 4.69) is 44.8 Å². The molecule has 1 aromatic heterocycles. The molecule has 0 radical (unpaired) electrons. The molecule has 196 valence electrons. The van der Waals surface area contributed by atoms with Gasteiger partial charge in [-0.3, -0.25) is 7.91 Å². The maximum absolute atomic E-state index is 13.7. The number of aromatic amines is 1. The van der Waals surface area contributed by atoms with E-state index in [0.29, 0.717) is 30.0 Å². The molecule has 2 heterocycles. The number of fused-ring (bicyclic) bond motifs is 3. The number of nitrogens with one attached hydrogen (secondary N) is 1. The Labute approximate surface area is 232 Å². The molecule has 0 fully saturated rings. The molecule has 1 aliphatic heterocycles. The first kappa shape index (κ1) is 27.2. The summed E-state index contributed by atoms with van der Waals surface area (Å²) < 4.78 is 13.5. The number of rotatable bonds is 8. The number of benzene rings is 2. The van der Waals surface area contributed by atoms with E-state index in [1.54, 1.807) is 23.2 Å². The summed E-state index contributed by atoms with van der Waals surface area (Å²) in [6.45, 7) is 9.78. The lowest BCUT2D eigenvalue weighted by Crippen LogP contribution is -2.36.